The lowest BCUT2D eigenvalue weighted by molar-refractivity contribution is -0.155. The normalized spacial score (nSPS) is 23.3. The summed E-state index contributed by atoms with van der Waals surface area (Å²) >= 11 is 1.38. The number of aliphatic carboxylic acids is 1. The molecular formula is C13H17NO4S. The van der Waals surface area contributed by atoms with Crippen molar-refractivity contribution in [2.45, 2.75) is 12.8 Å². The molecule has 2 rings (SSSR count). The van der Waals surface area contributed by atoms with E-state index in [4.69, 9.17) is 4.74 Å². The minimum Gasteiger partial charge on any atom is -0.481 e. The molecule has 1 aromatic heterocycles. The molecule has 0 spiro atoms. The van der Waals surface area contributed by atoms with E-state index in [1.54, 1.807) is 11.0 Å². The molecule has 0 aliphatic carbocycles. The number of thiophene rings is 1. The van der Waals surface area contributed by atoms with Crippen molar-refractivity contribution in [1.82, 2.24) is 4.90 Å². The first-order valence-electron chi connectivity index (χ1n) is 6.14. The molecule has 104 valence electrons. The highest BCUT2D eigenvalue weighted by Crippen LogP contribution is 2.31. The zero-order chi connectivity index (χ0) is 13.9. The summed E-state index contributed by atoms with van der Waals surface area (Å²) in [6.45, 7) is 0.957. The van der Waals surface area contributed by atoms with Crippen molar-refractivity contribution in [3.05, 3.63) is 22.4 Å². The summed E-state index contributed by atoms with van der Waals surface area (Å²) in [6.07, 6.45) is 1.23. The summed E-state index contributed by atoms with van der Waals surface area (Å²) in [5.41, 5.74) is -0.972. The molecule has 1 N–H and O–H groups in total. The molecule has 19 heavy (non-hydrogen) atoms. The van der Waals surface area contributed by atoms with Crippen molar-refractivity contribution in [3.63, 3.8) is 0 Å². The maximum atomic E-state index is 12.3. The number of hydrogen-bond donors (Lipinski definition) is 1. The molecule has 5 nitrogen and oxygen atoms in total. The number of nitrogens with zero attached hydrogens (tertiary/aromatic N) is 1. The molecule has 1 saturated heterocycles. The summed E-state index contributed by atoms with van der Waals surface area (Å²) in [4.78, 5) is 26.1. The van der Waals surface area contributed by atoms with Gasteiger partial charge in [0.2, 0.25) is 0 Å². The third-order valence-corrected chi connectivity index (χ3v) is 4.33. The average molecular weight is 283 g/mol. The zero-order valence-electron chi connectivity index (χ0n) is 10.8. The van der Waals surface area contributed by atoms with Crippen LogP contribution in [0.1, 0.15) is 22.5 Å². The van der Waals surface area contributed by atoms with Gasteiger partial charge in [-0.15, -0.1) is 11.3 Å². The average Bonchev–Trinajstić information content (AvgIpc) is 2.92. The summed E-state index contributed by atoms with van der Waals surface area (Å²) in [7, 11) is 1.49. The Balaban J connectivity index is 2.16. The second kappa shape index (κ2) is 5.71. The van der Waals surface area contributed by atoms with E-state index in [2.05, 4.69) is 0 Å². The van der Waals surface area contributed by atoms with Crippen LogP contribution in [0.2, 0.25) is 0 Å². The lowest BCUT2D eigenvalue weighted by Gasteiger charge is -2.39. The van der Waals surface area contributed by atoms with Crippen LogP contribution in [0, 0.1) is 5.41 Å². The third kappa shape index (κ3) is 2.79. The first-order chi connectivity index (χ1) is 9.09. The standard InChI is InChI=1S/C13H17NO4S/c1-18-9-13(12(16)17)5-3-6-14(8-13)11(15)10-4-2-7-19-10/h2,4,7H,3,5-6,8-9H2,1H3,(H,16,17). The van der Waals surface area contributed by atoms with Crippen molar-refractivity contribution in [2.24, 2.45) is 5.41 Å². The molecular weight excluding hydrogens is 266 g/mol. The number of carboxylic acids is 1. The van der Waals surface area contributed by atoms with Crippen molar-refractivity contribution < 1.29 is 19.4 Å². The van der Waals surface area contributed by atoms with Gasteiger partial charge in [-0.2, -0.15) is 0 Å². The molecule has 1 aliphatic heterocycles. The molecule has 0 radical (unpaired) electrons. The van der Waals surface area contributed by atoms with Crippen LogP contribution in [0.3, 0.4) is 0 Å². The Kier molecular flexibility index (Phi) is 4.21. The second-order valence-corrected chi connectivity index (χ2v) is 5.77. The van der Waals surface area contributed by atoms with Crippen molar-refractivity contribution in [1.29, 1.82) is 0 Å². The van der Waals surface area contributed by atoms with Crippen LogP contribution >= 0.6 is 11.3 Å². The summed E-state index contributed by atoms with van der Waals surface area (Å²) in [5, 5.41) is 11.3. The largest absolute Gasteiger partial charge is 0.481 e. The van der Waals surface area contributed by atoms with Gasteiger partial charge in [-0.3, -0.25) is 9.59 Å². The van der Waals surface area contributed by atoms with E-state index < -0.39 is 11.4 Å². The topological polar surface area (TPSA) is 66.8 Å². The fourth-order valence-corrected chi connectivity index (χ4v) is 3.18. The maximum Gasteiger partial charge on any atom is 0.313 e. The second-order valence-electron chi connectivity index (χ2n) is 4.83. The molecule has 1 unspecified atom stereocenters. The first-order valence-corrected chi connectivity index (χ1v) is 7.02. The SMILES string of the molecule is COCC1(C(=O)O)CCCN(C(=O)c2cccs2)C1. The highest BCUT2D eigenvalue weighted by Gasteiger charge is 2.44. The number of carboxylic acid groups (broad SMARTS) is 1. The van der Waals surface area contributed by atoms with Gasteiger partial charge in [0.05, 0.1) is 11.5 Å². The highest BCUT2D eigenvalue weighted by molar-refractivity contribution is 7.12. The zero-order valence-corrected chi connectivity index (χ0v) is 11.6. The molecule has 0 saturated carbocycles. The molecule has 1 atom stereocenters. The smallest absolute Gasteiger partial charge is 0.313 e. The number of rotatable bonds is 4. The van der Waals surface area contributed by atoms with Gasteiger partial charge < -0.3 is 14.7 Å². The van der Waals surface area contributed by atoms with E-state index in [9.17, 15) is 14.7 Å². The highest BCUT2D eigenvalue weighted by atomic mass is 32.1. The van der Waals surface area contributed by atoms with Crippen molar-refractivity contribution in [3.8, 4) is 0 Å². The molecule has 1 aromatic rings. The molecule has 1 aliphatic rings. The van der Waals surface area contributed by atoms with Crippen LogP contribution < -0.4 is 0 Å². The predicted octanol–water partition coefficient (Wildman–Crippen LogP) is 1.70. The number of carbonyl (C=O) groups is 2. The molecule has 1 amide bonds. The van der Waals surface area contributed by atoms with E-state index in [1.807, 2.05) is 11.4 Å². The Morgan fingerprint density at radius 3 is 2.95 bits per heavy atom. The summed E-state index contributed by atoms with van der Waals surface area (Å²) in [6, 6.07) is 3.59. The van der Waals surface area contributed by atoms with Gasteiger partial charge in [-0.05, 0) is 24.3 Å². The monoisotopic (exact) mass is 283 g/mol. The molecule has 2 heterocycles. The Morgan fingerprint density at radius 2 is 2.37 bits per heavy atom. The summed E-state index contributed by atoms with van der Waals surface area (Å²) < 4.78 is 5.05. The number of methoxy groups -OCH3 is 1. The van der Waals surface area contributed by atoms with Crippen LogP contribution in [0.25, 0.3) is 0 Å². The Bertz CT molecular complexity index is 455. The van der Waals surface area contributed by atoms with E-state index in [1.165, 1.54) is 18.4 Å². The van der Waals surface area contributed by atoms with Gasteiger partial charge >= 0.3 is 5.97 Å². The molecule has 0 aromatic carbocycles. The van der Waals surface area contributed by atoms with E-state index in [0.29, 0.717) is 24.3 Å². The number of ether oxygens (including phenoxy) is 1. The maximum absolute atomic E-state index is 12.3. The molecule has 1 fully saturated rings. The van der Waals surface area contributed by atoms with Gasteiger partial charge in [0.15, 0.2) is 0 Å². The van der Waals surface area contributed by atoms with Crippen molar-refractivity contribution >= 4 is 23.2 Å². The lowest BCUT2D eigenvalue weighted by atomic mass is 9.80. The number of amides is 1. The Hall–Kier alpha value is -1.40. The number of carbonyl (C=O) groups excluding carboxylic acids is 1. The van der Waals surface area contributed by atoms with Gasteiger partial charge in [0, 0.05) is 20.2 Å². The van der Waals surface area contributed by atoms with E-state index >= 15 is 0 Å². The van der Waals surface area contributed by atoms with E-state index in [-0.39, 0.29) is 19.1 Å². The van der Waals surface area contributed by atoms with Gasteiger partial charge in [0.1, 0.15) is 5.41 Å². The molecule has 0 bridgehead atoms. The fraction of sp³-hybridized carbons (Fsp3) is 0.538. The Morgan fingerprint density at radius 1 is 1.58 bits per heavy atom. The van der Waals surface area contributed by atoms with Crippen LogP contribution in [0.15, 0.2) is 17.5 Å². The van der Waals surface area contributed by atoms with Crippen LogP contribution in [0.5, 0.6) is 0 Å². The minimum atomic E-state index is -0.972. The lowest BCUT2D eigenvalue weighted by Crippen LogP contribution is -2.52. The van der Waals surface area contributed by atoms with Gasteiger partial charge in [-0.1, -0.05) is 6.07 Å². The molecule has 6 heteroatoms. The number of hydrogen-bond acceptors (Lipinski definition) is 4. The van der Waals surface area contributed by atoms with Crippen molar-refractivity contribution in [2.75, 3.05) is 26.8 Å². The van der Waals surface area contributed by atoms with E-state index in [0.717, 1.165) is 0 Å². The summed E-state index contributed by atoms with van der Waals surface area (Å²) in [5.74, 6) is -0.977. The predicted molar refractivity (Wildman–Crippen MR) is 71.4 cm³/mol. The first kappa shape index (κ1) is 14.0. The number of likely N-dealkylation sites (tertiary alicyclic amines) is 1. The van der Waals surface area contributed by atoms with Crippen LogP contribution in [-0.2, 0) is 9.53 Å². The van der Waals surface area contributed by atoms with Gasteiger partial charge in [-0.25, -0.2) is 0 Å². The minimum absolute atomic E-state index is 0.0866. The van der Waals surface area contributed by atoms with Gasteiger partial charge in [0.25, 0.3) is 5.91 Å². The number of piperidine rings is 1. The van der Waals surface area contributed by atoms with Crippen LogP contribution in [0.4, 0.5) is 0 Å². The fourth-order valence-electron chi connectivity index (χ4n) is 2.49. The third-order valence-electron chi connectivity index (χ3n) is 3.47. The Labute approximate surface area is 115 Å². The quantitative estimate of drug-likeness (QED) is 0.913. The van der Waals surface area contributed by atoms with Crippen LogP contribution in [-0.4, -0.2) is 48.7 Å².